The smallest absolute Gasteiger partial charge is 0.358 e. The van der Waals surface area contributed by atoms with Crippen LogP contribution in [0.15, 0.2) is 18.2 Å². The fraction of sp³-hybridized carbons (Fsp3) is 0.400. The molecular formula is C10H17Mn. The van der Waals surface area contributed by atoms with Gasteiger partial charge in [0.2, 0.25) is 0 Å². The van der Waals surface area contributed by atoms with Crippen LogP contribution in [0.25, 0.3) is 0 Å². The van der Waals surface area contributed by atoms with Crippen LogP contribution in [-0.4, -0.2) is 0 Å². The van der Waals surface area contributed by atoms with Crippen LogP contribution in [0.1, 0.15) is 26.2 Å². The zero-order valence-electron chi connectivity index (χ0n) is 7.44. The molecule has 0 aliphatic heterocycles. The molecule has 0 radical (unpaired) electrons. The van der Waals surface area contributed by atoms with Gasteiger partial charge in [0, 0.05) is 0 Å². The second-order valence-electron chi connectivity index (χ2n) is 1.86. The maximum Gasteiger partial charge on any atom is 3.00 e. The summed E-state index contributed by atoms with van der Waals surface area (Å²) in [5, 5.41) is 0. The molecule has 0 fully saturated rings. The largest absolute Gasteiger partial charge is 3.00 e. The van der Waals surface area contributed by atoms with E-state index in [1.54, 1.807) is 0 Å². The Morgan fingerprint density at radius 1 is 1.55 bits per heavy atom. The Hall–Kier alpha value is -0.000519. The normalized spacial score (nSPS) is 10.7. The Balaban J connectivity index is -0.000000101. The van der Waals surface area contributed by atoms with Crippen molar-refractivity contribution in [3.8, 4) is 0 Å². The van der Waals surface area contributed by atoms with Crippen LogP contribution in [0.4, 0.5) is 0 Å². The Labute approximate surface area is 82.2 Å². The van der Waals surface area contributed by atoms with Crippen molar-refractivity contribution < 1.29 is 17.1 Å². The molecule has 1 aliphatic carbocycles. The molecule has 0 spiro atoms. The molecule has 1 heteroatoms. The molecule has 0 amide bonds. The van der Waals surface area contributed by atoms with Crippen molar-refractivity contribution in [2.45, 2.75) is 26.2 Å². The van der Waals surface area contributed by atoms with Crippen molar-refractivity contribution in [1.29, 1.82) is 0 Å². The average Bonchev–Trinajstić information content (AvgIpc) is 2.43. The van der Waals surface area contributed by atoms with Crippen LogP contribution >= 0.6 is 0 Å². The molecule has 11 heavy (non-hydrogen) atoms. The van der Waals surface area contributed by atoms with Gasteiger partial charge in [0.05, 0.1) is 0 Å². The second-order valence-corrected chi connectivity index (χ2v) is 1.86. The van der Waals surface area contributed by atoms with Gasteiger partial charge in [-0.15, -0.1) is 6.42 Å². The minimum absolute atomic E-state index is 0. The molecule has 0 heterocycles. The molecule has 1 aliphatic rings. The first-order chi connectivity index (χ1) is 4.41. The quantitative estimate of drug-likeness (QED) is 0.441. The van der Waals surface area contributed by atoms with E-state index in [1.807, 2.05) is 12.2 Å². The summed E-state index contributed by atoms with van der Waals surface area (Å²) in [6.45, 7) is 5.72. The summed E-state index contributed by atoms with van der Waals surface area (Å²) in [5.74, 6) is 0. The average molecular weight is 192 g/mol. The van der Waals surface area contributed by atoms with E-state index in [0.29, 0.717) is 0 Å². The molecule has 0 aromatic rings. The van der Waals surface area contributed by atoms with Crippen molar-refractivity contribution in [1.82, 2.24) is 0 Å². The predicted octanol–water partition coefficient (Wildman–Crippen LogP) is 3.37. The first-order valence-electron chi connectivity index (χ1n) is 3.42. The van der Waals surface area contributed by atoms with Gasteiger partial charge in [-0.05, 0) is 0 Å². The molecule has 0 nitrogen and oxygen atoms in total. The van der Waals surface area contributed by atoms with Gasteiger partial charge in [0.15, 0.2) is 0 Å². The van der Waals surface area contributed by atoms with Gasteiger partial charge in [-0.1, -0.05) is 13.3 Å². The van der Waals surface area contributed by atoms with E-state index in [1.165, 1.54) is 6.42 Å². The summed E-state index contributed by atoms with van der Waals surface area (Å²) >= 11 is 0. The van der Waals surface area contributed by atoms with Crippen LogP contribution in [-0.2, 0) is 17.1 Å². The molecular weight excluding hydrogens is 175 g/mol. The summed E-state index contributed by atoms with van der Waals surface area (Å²) in [4.78, 5) is 0. The topological polar surface area (TPSA) is 0 Å². The molecule has 0 saturated heterocycles. The SMILES string of the molecule is [C-]1=CC=CC1.[CH2-]CCC.[CH3-].[Mn+3]. The molecule has 0 atom stereocenters. The third kappa shape index (κ3) is 17.8. The van der Waals surface area contributed by atoms with Gasteiger partial charge in [-0.3, -0.25) is 6.08 Å². The van der Waals surface area contributed by atoms with Crippen LogP contribution in [0, 0.1) is 20.4 Å². The number of hydrogen-bond donors (Lipinski definition) is 0. The van der Waals surface area contributed by atoms with E-state index >= 15 is 0 Å². The molecule has 0 N–H and O–H groups in total. The third-order valence-corrected chi connectivity index (χ3v) is 0.939. The van der Waals surface area contributed by atoms with Crippen molar-refractivity contribution in [3.63, 3.8) is 0 Å². The summed E-state index contributed by atoms with van der Waals surface area (Å²) in [5.41, 5.74) is 0. The van der Waals surface area contributed by atoms with Crippen LogP contribution in [0.3, 0.4) is 0 Å². The summed E-state index contributed by atoms with van der Waals surface area (Å²) in [6.07, 6.45) is 12.3. The zero-order valence-corrected chi connectivity index (χ0v) is 8.62. The van der Waals surface area contributed by atoms with E-state index in [-0.39, 0.29) is 24.5 Å². The minimum Gasteiger partial charge on any atom is -0.358 e. The molecule has 0 saturated carbocycles. The standard InChI is InChI=1S/C5H5.C4H9.CH3.Mn/c1-2-4-5-3-1;1-3-4-2;;/h1-3H,4H2;1,3-4H2,2H3;1H3;/q3*-1;+3. The van der Waals surface area contributed by atoms with Gasteiger partial charge in [-0.2, -0.15) is 12.5 Å². The first kappa shape index (κ1) is 17.2. The monoisotopic (exact) mass is 192 g/mol. The van der Waals surface area contributed by atoms with E-state index in [2.05, 4.69) is 26.0 Å². The number of allylic oxidation sites excluding steroid dienone is 4. The van der Waals surface area contributed by atoms with Gasteiger partial charge >= 0.3 is 17.1 Å². The molecule has 0 aromatic carbocycles. The summed E-state index contributed by atoms with van der Waals surface area (Å²) in [7, 11) is 0. The van der Waals surface area contributed by atoms with E-state index in [0.717, 1.165) is 12.8 Å². The van der Waals surface area contributed by atoms with Gasteiger partial charge in [0.1, 0.15) is 0 Å². The molecule has 0 bridgehead atoms. The van der Waals surface area contributed by atoms with Crippen LogP contribution < -0.4 is 0 Å². The molecule has 1 rings (SSSR count). The Morgan fingerprint density at radius 3 is 2.18 bits per heavy atom. The van der Waals surface area contributed by atoms with Crippen molar-refractivity contribution in [2.24, 2.45) is 0 Å². The number of unbranched alkanes of at least 4 members (excludes halogenated alkanes) is 1. The number of rotatable bonds is 1. The van der Waals surface area contributed by atoms with Gasteiger partial charge in [0.25, 0.3) is 0 Å². The Bertz CT molecular complexity index is 81.0. The van der Waals surface area contributed by atoms with Crippen LogP contribution in [0.5, 0.6) is 0 Å². The zero-order chi connectivity index (χ0) is 6.95. The van der Waals surface area contributed by atoms with E-state index in [9.17, 15) is 0 Å². The van der Waals surface area contributed by atoms with Gasteiger partial charge < -0.3 is 14.4 Å². The van der Waals surface area contributed by atoms with Crippen LogP contribution in [0.2, 0.25) is 0 Å². The van der Waals surface area contributed by atoms with Crippen molar-refractivity contribution >= 4 is 0 Å². The number of hydrogen-bond acceptors (Lipinski definition) is 0. The second kappa shape index (κ2) is 16.5. The predicted molar refractivity (Wildman–Crippen MR) is 48.2 cm³/mol. The van der Waals surface area contributed by atoms with Crippen molar-refractivity contribution in [2.75, 3.05) is 0 Å². The Kier molecular flexibility index (Phi) is 25.8. The molecule has 0 aromatic heterocycles. The van der Waals surface area contributed by atoms with Crippen molar-refractivity contribution in [3.05, 3.63) is 38.7 Å². The van der Waals surface area contributed by atoms with E-state index < -0.39 is 0 Å². The van der Waals surface area contributed by atoms with Gasteiger partial charge in [-0.25, -0.2) is 12.2 Å². The fourth-order valence-electron chi connectivity index (χ4n) is 0.340. The first-order valence-corrected chi connectivity index (χ1v) is 3.42. The third-order valence-electron chi connectivity index (χ3n) is 0.939. The minimum atomic E-state index is 0. The maximum absolute atomic E-state index is 3.60. The summed E-state index contributed by atoms with van der Waals surface area (Å²) < 4.78 is 0. The molecule has 64 valence electrons. The fourth-order valence-corrected chi connectivity index (χ4v) is 0.340. The molecule has 0 unspecified atom stereocenters. The Morgan fingerprint density at radius 2 is 2.09 bits per heavy atom. The van der Waals surface area contributed by atoms with E-state index in [4.69, 9.17) is 0 Å². The summed E-state index contributed by atoms with van der Waals surface area (Å²) in [6, 6.07) is 0. The maximum atomic E-state index is 3.60.